The van der Waals surface area contributed by atoms with Gasteiger partial charge in [0.15, 0.2) is 11.5 Å². The van der Waals surface area contributed by atoms with Gasteiger partial charge < -0.3 is 15.2 Å². The predicted molar refractivity (Wildman–Crippen MR) is 76.7 cm³/mol. The number of ether oxygens (including phenoxy) is 2. The molecule has 0 saturated heterocycles. The smallest absolute Gasteiger partial charge is 0.161 e. The minimum Gasteiger partial charge on any atom is -0.486 e. The van der Waals surface area contributed by atoms with Gasteiger partial charge in [-0.3, -0.25) is 4.90 Å². The first-order chi connectivity index (χ1) is 9.17. The van der Waals surface area contributed by atoms with Crippen LogP contribution in [0.15, 0.2) is 18.2 Å². The molecule has 1 aliphatic rings. The summed E-state index contributed by atoms with van der Waals surface area (Å²) in [7, 11) is 2.13. The maximum atomic E-state index is 5.96. The summed E-state index contributed by atoms with van der Waals surface area (Å²) in [6.45, 7) is 6.25. The standard InChI is InChI=1S/C15H24N2O2/c1-4-11(2)17(3)13(10-16)12-5-6-14-15(9-12)19-8-7-18-14/h5-6,9,11,13H,4,7-8,10,16H2,1-3H3. The Kier molecular flexibility index (Phi) is 4.66. The van der Waals surface area contributed by atoms with Crippen molar-refractivity contribution in [3.63, 3.8) is 0 Å². The van der Waals surface area contributed by atoms with Crippen molar-refractivity contribution in [3.05, 3.63) is 23.8 Å². The highest BCUT2D eigenvalue weighted by Gasteiger charge is 2.21. The van der Waals surface area contributed by atoms with E-state index in [9.17, 15) is 0 Å². The van der Waals surface area contributed by atoms with E-state index in [4.69, 9.17) is 15.2 Å². The van der Waals surface area contributed by atoms with E-state index in [1.165, 1.54) is 5.56 Å². The summed E-state index contributed by atoms with van der Waals surface area (Å²) in [5.41, 5.74) is 7.15. The van der Waals surface area contributed by atoms with Crippen LogP contribution >= 0.6 is 0 Å². The van der Waals surface area contributed by atoms with E-state index in [-0.39, 0.29) is 6.04 Å². The Labute approximate surface area is 115 Å². The monoisotopic (exact) mass is 264 g/mol. The zero-order valence-electron chi connectivity index (χ0n) is 12.1. The van der Waals surface area contributed by atoms with Crippen molar-refractivity contribution in [2.75, 3.05) is 26.8 Å². The van der Waals surface area contributed by atoms with Gasteiger partial charge in [0.05, 0.1) is 0 Å². The first-order valence-electron chi connectivity index (χ1n) is 6.99. The molecule has 2 rings (SSSR count). The Morgan fingerprint density at radius 3 is 2.58 bits per heavy atom. The molecule has 4 nitrogen and oxygen atoms in total. The van der Waals surface area contributed by atoms with Crippen LogP contribution in [-0.4, -0.2) is 37.7 Å². The highest BCUT2D eigenvalue weighted by Crippen LogP contribution is 2.34. The number of likely N-dealkylation sites (N-methyl/N-ethyl adjacent to an activating group) is 1. The molecule has 0 bridgehead atoms. The third kappa shape index (κ3) is 3.01. The molecule has 1 heterocycles. The second-order valence-corrected chi connectivity index (χ2v) is 5.08. The molecule has 1 aromatic carbocycles. The number of hydrogen-bond acceptors (Lipinski definition) is 4. The van der Waals surface area contributed by atoms with Gasteiger partial charge >= 0.3 is 0 Å². The molecule has 0 fully saturated rings. The van der Waals surface area contributed by atoms with Crippen LogP contribution in [0.2, 0.25) is 0 Å². The van der Waals surface area contributed by atoms with Crippen molar-refractivity contribution in [1.82, 2.24) is 4.90 Å². The first kappa shape index (κ1) is 14.2. The fraction of sp³-hybridized carbons (Fsp3) is 0.600. The number of hydrogen-bond donors (Lipinski definition) is 1. The fourth-order valence-electron chi connectivity index (χ4n) is 2.40. The van der Waals surface area contributed by atoms with Crippen molar-refractivity contribution >= 4 is 0 Å². The molecule has 1 aromatic rings. The lowest BCUT2D eigenvalue weighted by atomic mass is 10.0. The number of nitrogens with zero attached hydrogens (tertiary/aromatic N) is 1. The molecule has 0 spiro atoms. The van der Waals surface area contributed by atoms with Gasteiger partial charge in [-0.25, -0.2) is 0 Å². The van der Waals surface area contributed by atoms with E-state index in [0.717, 1.165) is 17.9 Å². The second kappa shape index (κ2) is 6.26. The summed E-state index contributed by atoms with van der Waals surface area (Å²) in [6, 6.07) is 6.85. The molecular formula is C15H24N2O2. The largest absolute Gasteiger partial charge is 0.486 e. The molecule has 2 unspecified atom stereocenters. The summed E-state index contributed by atoms with van der Waals surface area (Å²) in [5, 5.41) is 0. The molecule has 0 radical (unpaired) electrons. The highest BCUT2D eigenvalue weighted by atomic mass is 16.6. The van der Waals surface area contributed by atoms with E-state index >= 15 is 0 Å². The second-order valence-electron chi connectivity index (χ2n) is 5.08. The maximum absolute atomic E-state index is 5.96. The van der Waals surface area contributed by atoms with Crippen LogP contribution in [0.5, 0.6) is 11.5 Å². The quantitative estimate of drug-likeness (QED) is 0.885. The van der Waals surface area contributed by atoms with Crippen molar-refractivity contribution < 1.29 is 9.47 Å². The van der Waals surface area contributed by atoms with Crippen molar-refractivity contribution in [2.24, 2.45) is 5.73 Å². The Hall–Kier alpha value is -1.26. The van der Waals surface area contributed by atoms with Crippen LogP contribution < -0.4 is 15.2 Å². The fourth-order valence-corrected chi connectivity index (χ4v) is 2.40. The summed E-state index contributed by atoms with van der Waals surface area (Å²) in [4.78, 5) is 2.32. The molecule has 19 heavy (non-hydrogen) atoms. The van der Waals surface area contributed by atoms with Gasteiger partial charge in [0.2, 0.25) is 0 Å². The molecule has 0 amide bonds. The molecule has 4 heteroatoms. The van der Waals surface area contributed by atoms with Gasteiger partial charge in [-0.2, -0.15) is 0 Å². The summed E-state index contributed by atoms with van der Waals surface area (Å²) in [5.74, 6) is 1.66. The van der Waals surface area contributed by atoms with Crippen LogP contribution in [0.1, 0.15) is 31.9 Å². The molecule has 0 saturated carbocycles. The lowest BCUT2D eigenvalue weighted by molar-refractivity contribution is 0.167. The Balaban J connectivity index is 2.23. The van der Waals surface area contributed by atoms with E-state index in [1.54, 1.807) is 0 Å². The minimum atomic E-state index is 0.214. The topological polar surface area (TPSA) is 47.7 Å². The molecular weight excluding hydrogens is 240 g/mol. The first-order valence-corrected chi connectivity index (χ1v) is 6.99. The molecule has 2 N–H and O–H groups in total. The van der Waals surface area contributed by atoms with Gasteiger partial charge in [-0.15, -0.1) is 0 Å². The third-order valence-corrected chi connectivity index (χ3v) is 3.95. The molecule has 1 aliphatic heterocycles. The number of nitrogens with two attached hydrogens (primary N) is 1. The summed E-state index contributed by atoms with van der Waals surface area (Å²) < 4.78 is 11.2. The van der Waals surface area contributed by atoms with Crippen LogP contribution in [0.4, 0.5) is 0 Å². The maximum Gasteiger partial charge on any atom is 0.161 e. The highest BCUT2D eigenvalue weighted by molar-refractivity contribution is 5.44. The van der Waals surface area contributed by atoms with Gasteiger partial charge in [-0.1, -0.05) is 13.0 Å². The number of benzene rings is 1. The normalized spacial score (nSPS) is 17.3. The Morgan fingerprint density at radius 2 is 1.95 bits per heavy atom. The zero-order chi connectivity index (χ0) is 13.8. The van der Waals surface area contributed by atoms with Crippen molar-refractivity contribution in [2.45, 2.75) is 32.4 Å². The van der Waals surface area contributed by atoms with Crippen molar-refractivity contribution in [3.8, 4) is 11.5 Å². The predicted octanol–water partition coefficient (Wildman–Crippen LogP) is 2.19. The van der Waals surface area contributed by atoms with Crippen LogP contribution in [0.25, 0.3) is 0 Å². The minimum absolute atomic E-state index is 0.214. The summed E-state index contributed by atoms with van der Waals surface area (Å²) >= 11 is 0. The van der Waals surface area contributed by atoms with Crippen LogP contribution in [0, 0.1) is 0 Å². The van der Waals surface area contributed by atoms with Crippen LogP contribution in [-0.2, 0) is 0 Å². The van der Waals surface area contributed by atoms with Gasteiger partial charge in [0, 0.05) is 18.6 Å². The molecule has 0 aliphatic carbocycles. The van der Waals surface area contributed by atoms with Crippen molar-refractivity contribution in [1.29, 1.82) is 0 Å². The number of fused-ring (bicyclic) bond motifs is 1. The van der Waals surface area contributed by atoms with Gasteiger partial charge in [0.1, 0.15) is 13.2 Å². The molecule has 2 atom stereocenters. The van der Waals surface area contributed by atoms with E-state index in [1.807, 2.05) is 6.07 Å². The van der Waals surface area contributed by atoms with Crippen LogP contribution in [0.3, 0.4) is 0 Å². The Morgan fingerprint density at radius 1 is 1.26 bits per heavy atom. The Bertz CT molecular complexity index is 423. The molecule has 106 valence electrons. The molecule has 0 aromatic heterocycles. The number of rotatable bonds is 5. The SMILES string of the molecule is CCC(C)N(C)C(CN)c1ccc2c(c1)OCCO2. The lowest BCUT2D eigenvalue weighted by Gasteiger charge is -2.33. The van der Waals surface area contributed by atoms with E-state index in [0.29, 0.717) is 25.8 Å². The summed E-state index contributed by atoms with van der Waals surface area (Å²) in [6.07, 6.45) is 1.11. The van der Waals surface area contributed by atoms with E-state index < -0.39 is 0 Å². The average molecular weight is 264 g/mol. The lowest BCUT2D eigenvalue weighted by Crippen LogP contribution is -2.36. The average Bonchev–Trinajstić information content (AvgIpc) is 2.46. The van der Waals surface area contributed by atoms with Gasteiger partial charge in [0.25, 0.3) is 0 Å². The van der Waals surface area contributed by atoms with Gasteiger partial charge in [-0.05, 0) is 38.1 Å². The zero-order valence-corrected chi connectivity index (χ0v) is 12.1. The third-order valence-electron chi connectivity index (χ3n) is 3.95. The van der Waals surface area contributed by atoms with E-state index in [2.05, 4.69) is 37.9 Å².